The van der Waals surface area contributed by atoms with Gasteiger partial charge < -0.3 is 4.74 Å². The number of azo groups is 1. The van der Waals surface area contributed by atoms with Crippen molar-refractivity contribution in [1.29, 1.82) is 0 Å². The van der Waals surface area contributed by atoms with Crippen molar-refractivity contribution in [1.82, 2.24) is 0 Å². The Morgan fingerprint density at radius 2 is 1.44 bits per heavy atom. The van der Waals surface area contributed by atoms with Gasteiger partial charge in [-0.15, -0.1) is 0 Å². The molecule has 0 N–H and O–H groups in total. The van der Waals surface area contributed by atoms with E-state index in [0.29, 0.717) is 0 Å². The second-order valence-corrected chi connectivity index (χ2v) is 6.48. The van der Waals surface area contributed by atoms with Gasteiger partial charge in [0, 0.05) is 7.11 Å². The molecule has 0 rings (SSSR count). The van der Waals surface area contributed by atoms with Crippen LogP contribution in [0.4, 0.5) is 0 Å². The van der Waals surface area contributed by atoms with Crippen molar-refractivity contribution in [2.75, 3.05) is 7.11 Å². The van der Waals surface area contributed by atoms with Crippen LogP contribution in [-0.4, -0.2) is 18.4 Å². The van der Waals surface area contributed by atoms with Crippen molar-refractivity contribution in [2.24, 2.45) is 15.6 Å². The molecular weight excluding hydrogens is 200 g/mol. The van der Waals surface area contributed by atoms with Gasteiger partial charge in [0.25, 0.3) is 0 Å². The first-order chi connectivity index (χ1) is 7.04. The van der Waals surface area contributed by atoms with E-state index >= 15 is 0 Å². The molecule has 0 aliphatic rings. The molecule has 3 heteroatoms. The maximum atomic E-state index is 5.35. The quantitative estimate of drug-likeness (QED) is 0.641. The highest BCUT2D eigenvalue weighted by atomic mass is 16.5. The zero-order chi connectivity index (χ0) is 13.0. The number of methoxy groups -OCH3 is 1. The second kappa shape index (κ2) is 5.26. The van der Waals surface area contributed by atoms with Crippen molar-refractivity contribution in [3.63, 3.8) is 0 Å². The third-order valence-corrected chi connectivity index (χ3v) is 2.59. The first-order valence-electron chi connectivity index (χ1n) is 6.03. The van der Waals surface area contributed by atoms with E-state index in [0.717, 1.165) is 12.8 Å². The Hall–Kier alpha value is -0.440. The zero-order valence-electron chi connectivity index (χ0n) is 12.2. The minimum Gasteiger partial charge on any atom is -0.356 e. The summed E-state index contributed by atoms with van der Waals surface area (Å²) in [7, 11) is 1.68. The predicted octanol–water partition coefficient (Wildman–Crippen LogP) is 4.43. The number of nitrogens with zero attached hydrogens (tertiary/aromatic N) is 2. The van der Waals surface area contributed by atoms with E-state index in [1.807, 2.05) is 6.92 Å². The molecule has 0 aliphatic heterocycles. The number of ether oxygens (including phenoxy) is 1. The summed E-state index contributed by atoms with van der Waals surface area (Å²) in [6, 6.07) is 0. The summed E-state index contributed by atoms with van der Waals surface area (Å²) in [5, 5.41) is 8.81. The lowest BCUT2D eigenvalue weighted by Gasteiger charge is -2.29. The molecule has 0 amide bonds. The Balaban J connectivity index is 4.63. The van der Waals surface area contributed by atoms with Crippen LogP contribution in [0, 0.1) is 5.41 Å². The van der Waals surface area contributed by atoms with Gasteiger partial charge in [-0.25, -0.2) is 0 Å². The summed E-state index contributed by atoms with van der Waals surface area (Å²) in [4.78, 5) is 0. The van der Waals surface area contributed by atoms with E-state index in [4.69, 9.17) is 4.74 Å². The van der Waals surface area contributed by atoms with Crippen LogP contribution in [-0.2, 0) is 4.74 Å². The predicted molar refractivity (Wildman–Crippen MR) is 68.7 cm³/mol. The van der Waals surface area contributed by atoms with Gasteiger partial charge in [-0.1, -0.05) is 27.7 Å². The molecule has 1 atom stereocenters. The van der Waals surface area contributed by atoms with E-state index in [1.54, 1.807) is 7.11 Å². The van der Waals surface area contributed by atoms with Crippen molar-refractivity contribution in [3.8, 4) is 0 Å². The van der Waals surface area contributed by atoms with Crippen LogP contribution in [0.5, 0.6) is 0 Å². The summed E-state index contributed by atoms with van der Waals surface area (Å²) in [5.41, 5.74) is -0.347. The Morgan fingerprint density at radius 1 is 0.938 bits per heavy atom. The summed E-state index contributed by atoms with van der Waals surface area (Å²) < 4.78 is 5.35. The minimum atomic E-state index is -0.477. The first kappa shape index (κ1) is 15.6. The van der Waals surface area contributed by atoms with Crippen LogP contribution in [0.15, 0.2) is 10.2 Å². The van der Waals surface area contributed by atoms with E-state index in [1.165, 1.54) is 0 Å². The molecule has 1 unspecified atom stereocenters. The average molecular weight is 228 g/mol. The Kier molecular flexibility index (Phi) is 5.12. The average Bonchev–Trinajstić information content (AvgIpc) is 2.11. The van der Waals surface area contributed by atoms with Crippen LogP contribution in [0.1, 0.15) is 61.3 Å². The molecule has 0 saturated heterocycles. The molecule has 0 bridgehead atoms. The molecule has 0 heterocycles. The normalized spacial score (nSPS) is 17.8. The van der Waals surface area contributed by atoms with Gasteiger partial charge in [-0.05, 0) is 39.0 Å². The summed E-state index contributed by atoms with van der Waals surface area (Å²) in [5.74, 6) is 0. The standard InChI is InChI=1S/C13H28N2O/c1-9-13(7,16-8)15-14-12(5,6)10-11(2,3)4/h9-10H2,1-8H3/b15-14+. The molecule has 0 aromatic rings. The Bertz CT molecular complexity index is 235. The second-order valence-electron chi connectivity index (χ2n) is 6.48. The summed E-state index contributed by atoms with van der Waals surface area (Å²) in [6.07, 6.45) is 1.84. The molecule has 0 aromatic carbocycles. The van der Waals surface area contributed by atoms with E-state index in [2.05, 4.69) is 51.8 Å². The topological polar surface area (TPSA) is 34.0 Å². The fraction of sp³-hybridized carbons (Fsp3) is 1.00. The lowest BCUT2D eigenvalue weighted by molar-refractivity contribution is 0.00136. The SMILES string of the molecule is CCC(C)(/N=N/C(C)(C)CC(C)(C)C)OC. The lowest BCUT2D eigenvalue weighted by atomic mass is 9.82. The Morgan fingerprint density at radius 3 is 1.75 bits per heavy atom. The molecule has 0 fully saturated rings. The van der Waals surface area contributed by atoms with Crippen molar-refractivity contribution >= 4 is 0 Å². The van der Waals surface area contributed by atoms with Gasteiger partial charge in [0.2, 0.25) is 0 Å². The number of hydrogen-bond donors (Lipinski definition) is 0. The maximum Gasteiger partial charge on any atom is 0.175 e. The molecule has 16 heavy (non-hydrogen) atoms. The van der Waals surface area contributed by atoms with Gasteiger partial charge in [-0.2, -0.15) is 10.2 Å². The van der Waals surface area contributed by atoms with E-state index in [9.17, 15) is 0 Å². The highest BCUT2D eigenvalue weighted by Crippen LogP contribution is 2.30. The van der Waals surface area contributed by atoms with Crippen LogP contribution in [0.3, 0.4) is 0 Å². The number of rotatable bonds is 5. The van der Waals surface area contributed by atoms with Gasteiger partial charge in [0.1, 0.15) is 0 Å². The molecule has 96 valence electrons. The molecule has 0 aliphatic carbocycles. The fourth-order valence-corrected chi connectivity index (χ4v) is 1.83. The molecule has 0 saturated carbocycles. The lowest BCUT2D eigenvalue weighted by Crippen LogP contribution is -2.28. The van der Waals surface area contributed by atoms with Crippen LogP contribution in [0.25, 0.3) is 0 Å². The minimum absolute atomic E-state index is 0.132. The van der Waals surface area contributed by atoms with Crippen LogP contribution >= 0.6 is 0 Å². The molecule has 3 nitrogen and oxygen atoms in total. The van der Waals surface area contributed by atoms with Crippen molar-refractivity contribution in [2.45, 2.75) is 72.6 Å². The van der Waals surface area contributed by atoms with Crippen molar-refractivity contribution in [3.05, 3.63) is 0 Å². The third kappa shape index (κ3) is 6.21. The van der Waals surface area contributed by atoms with Gasteiger partial charge in [0.15, 0.2) is 5.72 Å². The van der Waals surface area contributed by atoms with Gasteiger partial charge >= 0.3 is 0 Å². The molecule has 0 spiro atoms. The highest BCUT2D eigenvalue weighted by molar-refractivity contribution is 4.83. The smallest absolute Gasteiger partial charge is 0.175 e. The fourth-order valence-electron chi connectivity index (χ4n) is 1.83. The molecule has 0 radical (unpaired) electrons. The van der Waals surface area contributed by atoms with Crippen LogP contribution < -0.4 is 0 Å². The summed E-state index contributed by atoms with van der Waals surface area (Å²) in [6.45, 7) is 14.9. The zero-order valence-corrected chi connectivity index (χ0v) is 12.2. The highest BCUT2D eigenvalue weighted by Gasteiger charge is 2.27. The monoisotopic (exact) mass is 228 g/mol. The van der Waals surface area contributed by atoms with E-state index < -0.39 is 5.72 Å². The maximum absolute atomic E-state index is 5.35. The van der Waals surface area contributed by atoms with Gasteiger partial charge in [0.05, 0.1) is 5.54 Å². The Labute approximate surface area is 101 Å². The largest absolute Gasteiger partial charge is 0.356 e. The third-order valence-electron chi connectivity index (χ3n) is 2.59. The van der Waals surface area contributed by atoms with Crippen molar-refractivity contribution < 1.29 is 4.74 Å². The summed E-state index contributed by atoms with van der Waals surface area (Å²) >= 11 is 0. The first-order valence-corrected chi connectivity index (χ1v) is 6.03. The number of hydrogen-bond acceptors (Lipinski definition) is 3. The molecular formula is C13H28N2O. The van der Waals surface area contributed by atoms with Crippen LogP contribution in [0.2, 0.25) is 0 Å². The van der Waals surface area contributed by atoms with E-state index in [-0.39, 0.29) is 11.0 Å². The molecule has 0 aromatic heterocycles. The van der Waals surface area contributed by atoms with Gasteiger partial charge in [-0.3, -0.25) is 0 Å².